The standard InChI is InChI=1S/C15H23NO2S/c1-11-6-8-19-13(11)10-16-7-4-5-12(9-16)15(2,3)14(17)18/h6,8,12H,4-5,7,9-10H2,1-3H3,(H,17,18). The third-order valence-corrected chi connectivity index (χ3v) is 5.42. The van der Waals surface area contributed by atoms with Gasteiger partial charge in [0.25, 0.3) is 0 Å². The van der Waals surface area contributed by atoms with E-state index in [1.54, 1.807) is 11.3 Å². The van der Waals surface area contributed by atoms with E-state index in [0.717, 1.165) is 32.5 Å². The zero-order chi connectivity index (χ0) is 14.0. The Hall–Kier alpha value is -0.870. The van der Waals surface area contributed by atoms with Crippen LogP contribution in [-0.2, 0) is 11.3 Å². The third kappa shape index (κ3) is 3.18. The van der Waals surface area contributed by atoms with Crippen molar-refractivity contribution in [2.24, 2.45) is 11.3 Å². The number of likely N-dealkylation sites (tertiary alicyclic amines) is 1. The van der Waals surface area contributed by atoms with E-state index < -0.39 is 11.4 Å². The van der Waals surface area contributed by atoms with Gasteiger partial charge in [0.05, 0.1) is 5.41 Å². The van der Waals surface area contributed by atoms with Crippen LogP contribution in [0.1, 0.15) is 37.1 Å². The lowest BCUT2D eigenvalue weighted by molar-refractivity contribution is -0.151. The van der Waals surface area contributed by atoms with Crippen molar-refractivity contribution in [3.8, 4) is 0 Å². The number of rotatable bonds is 4. The van der Waals surface area contributed by atoms with Gasteiger partial charge >= 0.3 is 5.97 Å². The van der Waals surface area contributed by atoms with Crippen LogP contribution in [0.5, 0.6) is 0 Å². The molecule has 0 amide bonds. The molecule has 1 atom stereocenters. The van der Waals surface area contributed by atoms with Crippen LogP contribution in [0.2, 0.25) is 0 Å². The molecule has 0 radical (unpaired) electrons. The van der Waals surface area contributed by atoms with Crippen LogP contribution in [0.15, 0.2) is 11.4 Å². The second kappa shape index (κ2) is 5.63. The maximum Gasteiger partial charge on any atom is 0.309 e. The summed E-state index contributed by atoms with van der Waals surface area (Å²) in [5.41, 5.74) is 0.730. The van der Waals surface area contributed by atoms with Gasteiger partial charge in [-0.2, -0.15) is 0 Å². The predicted molar refractivity (Wildman–Crippen MR) is 78.5 cm³/mol. The van der Waals surface area contributed by atoms with Crippen molar-refractivity contribution in [1.82, 2.24) is 4.90 Å². The normalized spacial score (nSPS) is 21.5. The zero-order valence-corrected chi connectivity index (χ0v) is 12.8. The van der Waals surface area contributed by atoms with Gasteiger partial charge in [0.2, 0.25) is 0 Å². The van der Waals surface area contributed by atoms with Crippen molar-refractivity contribution in [2.75, 3.05) is 13.1 Å². The molecule has 106 valence electrons. The second-order valence-corrected chi connectivity index (χ2v) is 7.13. The number of carboxylic acid groups (broad SMARTS) is 1. The minimum absolute atomic E-state index is 0.249. The molecule has 0 saturated carbocycles. The SMILES string of the molecule is Cc1ccsc1CN1CCCC(C(C)(C)C(=O)O)C1. The topological polar surface area (TPSA) is 40.5 Å². The Bertz CT molecular complexity index is 453. The first kappa shape index (κ1) is 14.5. The first-order chi connectivity index (χ1) is 8.91. The van der Waals surface area contributed by atoms with Crippen molar-refractivity contribution in [3.63, 3.8) is 0 Å². The van der Waals surface area contributed by atoms with E-state index in [-0.39, 0.29) is 5.92 Å². The van der Waals surface area contributed by atoms with E-state index in [1.165, 1.54) is 10.4 Å². The average molecular weight is 281 g/mol. The highest BCUT2D eigenvalue weighted by molar-refractivity contribution is 7.10. The number of aliphatic carboxylic acids is 1. The summed E-state index contributed by atoms with van der Waals surface area (Å²) in [6, 6.07) is 2.16. The number of nitrogens with zero attached hydrogens (tertiary/aromatic N) is 1. The van der Waals surface area contributed by atoms with Gasteiger partial charge in [0.1, 0.15) is 0 Å². The number of hydrogen-bond donors (Lipinski definition) is 1. The largest absolute Gasteiger partial charge is 0.481 e. The van der Waals surface area contributed by atoms with Gasteiger partial charge in [-0.05, 0) is 63.1 Å². The Kier molecular flexibility index (Phi) is 4.31. The Labute approximate surface area is 119 Å². The molecule has 0 aliphatic carbocycles. The number of piperidine rings is 1. The van der Waals surface area contributed by atoms with E-state index in [2.05, 4.69) is 23.3 Å². The molecule has 1 fully saturated rings. The summed E-state index contributed by atoms with van der Waals surface area (Å²) in [5.74, 6) is -0.425. The molecule has 1 aliphatic heterocycles. The summed E-state index contributed by atoms with van der Waals surface area (Å²) in [6.07, 6.45) is 2.13. The highest BCUT2D eigenvalue weighted by Crippen LogP contribution is 2.35. The fraction of sp³-hybridized carbons (Fsp3) is 0.667. The van der Waals surface area contributed by atoms with E-state index >= 15 is 0 Å². The van der Waals surface area contributed by atoms with Crippen LogP contribution in [0, 0.1) is 18.3 Å². The van der Waals surface area contributed by atoms with Gasteiger partial charge in [0, 0.05) is 18.0 Å². The molecule has 2 heterocycles. The molecule has 1 unspecified atom stereocenters. The first-order valence-electron chi connectivity index (χ1n) is 6.90. The van der Waals surface area contributed by atoms with Gasteiger partial charge in [-0.3, -0.25) is 9.69 Å². The summed E-state index contributed by atoms with van der Waals surface area (Å²) in [6.45, 7) is 8.82. The Morgan fingerprint density at radius 2 is 2.32 bits per heavy atom. The monoisotopic (exact) mass is 281 g/mol. The number of carbonyl (C=O) groups is 1. The molecule has 4 heteroatoms. The fourth-order valence-electron chi connectivity index (χ4n) is 2.73. The average Bonchev–Trinajstić information content (AvgIpc) is 2.75. The van der Waals surface area contributed by atoms with Crippen LogP contribution in [0.3, 0.4) is 0 Å². The van der Waals surface area contributed by atoms with E-state index in [1.807, 2.05) is 13.8 Å². The van der Waals surface area contributed by atoms with Crippen LogP contribution in [0.4, 0.5) is 0 Å². The lowest BCUT2D eigenvalue weighted by atomic mass is 9.74. The predicted octanol–water partition coefficient (Wildman–Crippen LogP) is 3.38. The molecule has 3 nitrogen and oxygen atoms in total. The number of thiophene rings is 1. The van der Waals surface area contributed by atoms with Gasteiger partial charge in [-0.25, -0.2) is 0 Å². The maximum atomic E-state index is 11.4. The second-order valence-electron chi connectivity index (χ2n) is 6.13. The highest BCUT2D eigenvalue weighted by atomic mass is 32.1. The van der Waals surface area contributed by atoms with Gasteiger partial charge in [-0.15, -0.1) is 11.3 Å². The van der Waals surface area contributed by atoms with E-state index in [0.29, 0.717) is 0 Å². The lowest BCUT2D eigenvalue weighted by Gasteiger charge is -2.39. The fourth-order valence-corrected chi connectivity index (χ4v) is 3.68. The van der Waals surface area contributed by atoms with E-state index in [4.69, 9.17) is 0 Å². The van der Waals surface area contributed by atoms with Crippen LogP contribution in [0.25, 0.3) is 0 Å². The molecule has 19 heavy (non-hydrogen) atoms. The summed E-state index contributed by atoms with van der Waals surface area (Å²) in [5, 5.41) is 11.5. The zero-order valence-electron chi connectivity index (χ0n) is 12.0. The molecular formula is C15H23NO2S. The highest BCUT2D eigenvalue weighted by Gasteiger charge is 2.39. The van der Waals surface area contributed by atoms with Gasteiger partial charge in [-0.1, -0.05) is 0 Å². The lowest BCUT2D eigenvalue weighted by Crippen LogP contribution is -2.44. The smallest absolute Gasteiger partial charge is 0.309 e. The summed E-state index contributed by atoms with van der Waals surface area (Å²) in [7, 11) is 0. The molecular weight excluding hydrogens is 258 g/mol. The van der Waals surface area contributed by atoms with Crippen LogP contribution in [-0.4, -0.2) is 29.1 Å². The first-order valence-corrected chi connectivity index (χ1v) is 7.78. The molecule has 0 spiro atoms. The molecule has 1 aromatic rings. The quantitative estimate of drug-likeness (QED) is 0.919. The van der Waals surface area contributed by atoms with Crippen molar-refractivity contribution in [2.45, 2.75) is 40.2 Å². The number of carboxylic acids is 1. The van der Waals surface area contributed by atoms with Crippen LogP contribution < -0.4 is 0 Å². The Morgan fingerprint density at radius 1 is 1.58 bits per heavy atom. The molecule has 1 N–H and O–H groups in total. The summed E-state index contributed by atoms with van der Waals surface area (Å²) >= 11 is 1.80. The molecule has 0 aromatic carbocycles. The van der Waals surface area contributed by atoms with E-state index in [9.17, 15) is 9.90 Å². The summed E-state index contributed by atoms with van der Waals surface area (Å²) < 4.78 is 0. The van der Waals surface area contributed by atoms with Gasteiger partial charge in [0.15, 0.2) is 0 Å². The van der Waals surface area contributed by atoms with Crippen molar-refractivity contribution in [1.29, 1.82) is 0 Å². The minimum Gasteiger partial charge on any atom is -0.481 e. The molecule has 1 saturated heterocycles. The van der Waals surface area contributed by atoms with Crippen molar-refractivity contribution in [3.05, 3.63) is 21.9 Å². The molecule has 0 bridgehead atoms. The molecule has 2 rings (SSSR count). The third-order valence-electron chi connectivity index (χ3n) is 4.41. The number of aryl methyl sites for hydroxylation is 1. The Morgan fingerprint density at radius 3 is 2.89 bits per heavy atom. The van der Waals surface area contributed by atoms with Crippen LogP contribution >= 0.6 is 11.3 Å². The number of hydrogen-bond acceptors (Lipinski definition) is 3. The molecule has 1 aromatic heterocycles. The summed E-state index contributed by atoms with van der Waals surface area (Å²) in [4.78, 5) is 15.2. The Balaban J connectivity index is 2.02. The maximum absolute atomic E-state index is 11.4. The van der Waals surface area contributed by atoms with Crippen molar-refractivity contribution < 1.29 is 9.90 Å². The molecule has 1 aliphatic rings. The van der Waals surface area contributed by atoms with Gasteiger partial charge < -0.3 is 5.11 Å². The minimum atomic E-state index is -0.674. The van der Waals surface area contributed by atoms with Crippen molar-refractivity contribution >= 4 is 17.3 Å².